The van der Waals surface area contributed by atoms with Gasteiger partial charge in [0.05, 0.1) is 22.4 Å². The zero-order valence-corrected chi connectivity index (χ0v) is 14.6. The summed E-state index contributed by atoms with van der Waals surface area (Å²) < 4.78 is 38.9. The van der Waals surface area contributed by atoms with Crippen molar-refractivity contribution in [3.05, 3.63) is 63.0 Å². The zero-order chi connectivity index (χ0) is 17.3. The first kappa shape index (κ1) is 17.7. The number of alkyl halides is 3. The van der Waals surface area contributed by atoms with Crippen molar-refractivity contribution in [2.75, 3.05) is 0 Å². The molecule has 2 aromatic rings. The van der Waals surface area contributed by atoms with Crippen LogP contribution in [0, 0.1) is 3.57 Å². The molecule has 0 saturated heterocycles. The zero-order valence-electron chi connectivity index (χ0n) is 12.4. The lowest BCUT2D eigenvalue weighted by molar-refractivity contribution is -0.137. The van der Waals surface area contributed by atoms with Crippen LogP contribution in [-0.4, -0.2) is 10.9 Å². The van der Waals surface area contributed by atoms with Gasteiger partial charge in [0.1, 0.15) is 0 Å². The molecule has 1 N–H and O–H groups in total. The van der Waals surface area contributed by atoms with Crippen molar-refractivity contribution in [2.24, 2.45) is 0 Å². The minimum atomic E-state index is -4.49. The topological polar surface area (TPSA) is 42.0 Å². The van der Waals surface area contributed by atoms with E-state index in [4.69, 9.17) is 0 Å². The second kappa shape index (κ2) is 6.46. The molecule has 3 nitrogen and oxygen atoms in total. The van der Waals surface area contributed by atoms with Crippen LogP contribution in [0.25, 0.3) is 0 Å². The summed E-state index contributed by atoms with van der Waals surface area (Å²) in [5.74, 6) is -0.573. The van der Waals surface area contributed by atoms with E-state index in [0.717, 1.165) is 12.1 Å². The molecule has 0 bridgehead atoms. The van der Waals surface area contributed by atoms with Crippen molar-refractivity contribution in [3.8, 4) is 0 Å². The van der Waals surface area contributed by atoms with E-state index in [-0.39, 0.29) is 5.56 Å². The number of carbonyl (C=O) groups is 1. The van der Waals surface area contributed by atoms with Crippen molar-refractivity contribution in [3.63, 3.8) is 0 Å². The van der Waals surface area contributed by atoms with Crippen LogP contribution in [0.5, 0.6) is 0 Å². The molecule has 0 aliphatic carbocycles. The maximum Gasteiger partial charge on any atom is 0.416 e. The second-order valence-electron chi connectivity index (χ2n) is 5.49. The van der Waals surface area contributed by atoms with E-state index in [9.17, 15) is 18.0 Å². The van der Waals surface area contributed by atoms with Crippen LogP contribution in [0.3, 0.4) is 0 Å². The number of rotatable bonds is 3. The number of hydrogen-bond donors (Lipinski definition) is 1. The molecule has 0 spiro atoms. The Bertz CT molecular complexity index is 715. The second-order valence-corrected chi connectivity index (χ2v) is 6.65. The Morgan fingerprint density at radius 3 is 2.43 bits per heavy atom. The fraction of sp³-hybridized carbons (Fsp3) is 0.250. The smallest absolute Gasteiger partial charge is 0.341 e. The summed E-state index contributed by atoms with van der Waals surface area (Å²) in [6, 6.07) is 8.39. The van der Waals surface area contributed by atoms with Gasteiger partial charge in [-0.2, -0.15) is 13.2 Å². The molecule has 0 unspecified atom stereocenters. The van der Waals surface area contributed by atoms with Crippen LogP contribution in [0.2, 0.25) is 0 Å². The van der Waals surface area contributed by atoms with Gasteiger partial charge in [-0.3, -0.25) is 9.78 Å². The van der Waals surface area contributed by atoms with Gasteiger partial charge in [0.15, 0.2) is 0 Å². The first-order chi connectivity index (χ1) is 10.6. The molecular weight excluding hydrogens is 420 g/mol. The van der Waals surface area contributed by atoms with Crippen molar-refractivity contribution in [1.29, 1.82) is 0 Å². The number of amides is 1. The van der Waals surface area contributed by atoms with Gasteiger partial charge in [-0.15, -0.1) is 0 Å². The van der Waals surface area contributed by atoms with E-state index >= 15 is 0 Å². The van der Waals surface area contributed by atoms with Crippen LogP contribution in [-0.2, 0) is 11.7 Å². The molecule has 0 aliphatic heterocycles. The number of benzene rings is 1. The molecule has 1 heterocycles. The van der Waals surface area contributed by atoms with Gasteiger partial charge < -0.3 is 5.32 Å². The molecule has 23 heavy (non-hydrogen) atoms. The molecule has 1 aromatic carbocycles. The number of hydrogen-bond acceptors (Lipinski definition) is 2. The Hall–Kier alpha value is -1.64. The van der Waals surface area contributed by atoms with E-state index in [1.165, 1.54) is 6.07 Å². The van der Waals surface area contributed by atoms with Crippen molar-refractivity contribution in [2.45, 2.75) is 25.6 Å². The minimum Gasteiger partial charge on any atom is -0.341 e. The average Bonchev–Trinajstić information content (AvgIpc) is 2.47. The molecule has 0 aliphatic rings. The Labute approximate surface area is 145 Å². The third-order valence-corrected chi connectivity index (χ3v) is 4.21. The predicted molar refractivity (Wildman–Crippen MR) is 88.9 cm³/mol. The summed E-state index contributed by atoms with van der Waals surface area (Å²) in [4.78, 5) is 16.6. The number of carbonyl (C=O) groups excluding carboxylic acids is 1. The van der Waals surface area contributed by atoms with Gasteiger partial charge in [-0.05, 0) is 66.8 Å². The summed E-state index contributed by atoms with van der Waals surface area (Å²) in [5, 5.41) is 2.73. The van der Waals surface area contributed by atoms with Crippen LogP contribution in [0.15, 0.2) is 42.6 Å². The highest BCUT2D eigenvalue weighted by atomic mass is 127. The summed E-state index contributed by atoms with van der Waals surface area (Å²) >= 11 is 1.84. The summed E-state index contributed by atoms with van der Waals surface area (Å²) in [6.45, 7) is 3.49. The summed E-state index contributed by atoms with van der Waals surface area (Å²) in [7, 11) is 0. The first-order valence-electron chi connectivity index (χ1n) is 6.72. The molecular formula is C16H14F3IN2O. The first-order valence-corrected chi connectivity index (χ1v) is 7.80. The summed E-state index contributed by atoms with van der Waals surface area (Å²) in [5.41, 5.74) is -1.05. The predicted octanol–water partition coefficient (Wildman–Crippen LogP) is 4.37. The van der Waals surface area contributed by atoms with Crippen molar-refractivity contribution in [1.82, 2.24) is 10.3 Å². The maximum atomic E-state index is 12.8. The van der Waals surface area contributed by atoms with Gasteiger partial charge in [0.2, 0.25) is 0 Å². The van der Waals surface area contributed by atoms with Crippen LogP contribution < -0.4 is 5.32 Å². The normalized spacial score (nSPS) is 12.1. The fourth-order valence-electron chi connectivity index (χ4n) is 2.02. The largest absolute Gasteiger partial charge is 0.416 e. The van der Waals surface area contributed by atoms with E-state index in [1.807, 2.05) is 22.6 Å². The molecule has 122 valence electrons. The minimum absolute atomic E-state index is 0.00979. The van der Waals surface area contributed by atoms with Gasteiger partial charge in [0, 0.05) is 9.77 Å². The maximum absolute atomic E-state index is 12.8. The van der Waals surface area contributed by atoms with Crippen LogP contribution >= 0.6 is 22.6 Å². The monoisotopic (exact) mass is 434 g/mol. The lowest BCUT2D eigenvalue weighted by Crippen LogP contribution is -2.42. The Kier molecular flexibility index (Phi) is 4.98. The standard InChI is InChI=1S/C16H14F3IN2O/c1-15(2,13-5-3-4-8-21-13)22-14(23)11-9-10(16(17,18)19)6-7-12(11)20/h3-9H,1-2H3,(H,22,23). The lowest BCUT2D eigenvalue weighted by atomic mass is 9.99. The third-order valence-electron chi connectivity index (χ3n) is 3.27. The average molecular weight is 434 g/mol. The van der Waals surface area contributed by atoms with Crippen LogP contribution in [0.4, 0.5) is 13.2 Å². The van der Waals surface area contributed by atoms with Crippen molar-refractivity contribution >= 4 is 28.5 Å². The Morgan fingerprint density at radius 2 is 1.87 bits per heavy atom. The molecule has 7 heteroatoms. The third kappa shape index (κ3) is 4.21. The van der Waals surface area contributed by atoms with E-state index in [2.05, 4.69) is 10.3 Å². The molecule has 1 aromatic heterocycles. The molecule has 0 radical (unpaired) electrons. The van der Waals surface area contributed by atoms with Crippen molar-refractivity contribution < 1.29 is 18.0 Å². The Morgan fingerprint density at radius 1 is 1.17 bits per heavy atom. The summed E-state index contributed by atoms with van der Waals surface area (Å²) in [6.07, 6.45) is -2.90. The SMILES string of the molecule is CC(C)(NC(=O)c1cc(C(F)(F)F)ccc1I)c1ccccn1. The number of nitrogens with one attached hydrogen (secondary N) is 1. The number of nitrogens with zero attached hydrogens (tertiary/aromatic N) is 1. The molecule has 0 fully saturated rings. The highest BCUT2D eigenvalue weighted by Crippen LogP contribution is 2.31. The quantitative estimate of drug-likeness (QED) is 0.730. The van der Waals surface area contributed by atoms with E-state index < -0.39 is 23.2 Å². The highest BCUT2D eigenvalue weighted by Gasteiger charge is 2.32. The highest BCUT2D eigenvalue weighted by molar-refractivity contribution is 14.1. The van der Waals surface area contributed by atoms with E-state index in [1.54, 1.807) is 38.2 Å². The molecule has 0 atom stereocenters. The molecule has 1 amide bonds. The Balaban J connectivity index is 2.31. The molecule has 2 rings (SSSR count). The van der Waals surface area contributed by atoms with E-state index in [0.29, 0.717) is 9.26 Å². The van der Waals surface area contributed by atoms with Gasteiger partial charge >= 0.3 is 6.18 Å². The lowest BCUT2D eigenvalue weighted by Gasteiger charge is -2.26. The van der Waals surface area contributed by atoms with Gasteiger partial charge in [-0.25, -0.2) is 0 Å². The number of pyridine rings is 1. The number of aromatic nitrogens is 1. The number of halogens is 4. The van der Waals surface area contributed by atoms with Gasteiger partial charge in [0.25, 0.3) is 5.91 Å². The molecule has 0 saturated carbocycles. The fourth-order valence-corrected chi connectivity index (χ4v) is 2.60. The van der Waals surface area contributed by atoms with Gasteiger partial charge in [-0.1, -0.05) is 6.07 Å². The van der Waals surface area contributed by atoms with Crippen LogP contribution in [0.1, 0.15) is 35.5 Å².